The van der Waals surface area contributed by atoms with E-state index in [1.165, 1.54) is 11.3 Å². The van der Waals surface area contributed by atoms with Gasteiger partial charge in [0.15, 0.2) is 9.84 Å². The van der Waals surface area contributed by atoms with Gasteiger partial charge in [-0.3, -0.25) is 4.79 Å². The molecule has 2 fully saturated rings. The molecule has 20 heavy (non-hydrogen) atoms. The van der Waals surface area contributed by atoms with Crippen LogP contribution >= 0.6 is 11.3 Å². The molecule has 110 valence electrons. The number of sulfone groups is 1. The van der Waals surface area contributed by atoms with Crippen molar-refractivity contribution in [3.8, 4) is 0 Å². The highest BCUT2D eigenvalue weighted by Crippen LogP contribution is 2.40. The van der Waals surface area contributed by atoms with Crippen molar-refractivity contribution in [2.45, 2.75) is 48.9 Å². The van der Waals surface area contributed by atoms with Gasteiger partial charge in [0.25, 0.3) is 0 Å². The van der Waals surface area contributed by atoms with Crippen LogP contribution in [0.4, 0.5) is 0 Å². The first-order valence-electron chi connectivity index (χ1n) is 7.06. The minimum atomic E-state index is -3.48. The van der Waals surface area contributed by atoms with E-state index >= 15 is 0 Å². The minimum Gasteiger partial charge on any atom is -0.336 e. The normalized spacial score (nSPS) is 20.6. The molecule has 0 aliphatic heterocycles. The van der Waals surface area contributed by atoms with Crippen LogP contribution in [-0.2, 0) is 14.6 Å². The number of hydrogen-bond donors (Lipinski definition) is 0. The Labute approximate surface area is 123 Å². The lowest BCUT2D eigenvalue weighted by molar-refractivity contribution is -0.131. The van der Waals surface area contributed by atoms with E-state index in [1.54, 1.807) is 17.5 Å². The van der Waals surface area contributed by atoms with E-state index in [0.29, 0.717) is 10.1 Å². The Morgan fingerprint density at radius 2 is 2.10 bits per heavy atom. The van der Waals surface area contributed by atoms with E-state index in [1.807, 2.05) is 4.90 Å². The summed E-state index contributed by atoms with van der Waals surface area (Å²) in [6.45, 7) is 2.06. The maximum Gasteiger partial charge on any atom is 0.238 e. The molecule has 0 unspecified atom stereocenters. The molecule has 0 saturated heterocycles. The van der Waals surface area contributed by atoms with Crippen LogP contribution < -0.4 is 0 Å². The number of carbonyl (C=O) groups is 1. The summed E-state index contributed by atoms with van der Waals surface area (Å²) in [6, 6.07) is 3.73. The fourth-order valence-corrected chi connectivity index (χ4v) is 4.95. The SMILES string of the molecule is C[C@@H](C1CC1)N(C(=O)CS(=O)(=O)c1cccs1)C1CC1. The van der Waals surface area contributed by atoms with Gasteiger partial charge in [0.2, 0.25) is 5.91 Å². The molecule has 3 rings (SSSR count). The maximum atomic E-state index is 12.5. The lowest BCUT2D eigenvalue weighted by Gasteiger charge is -2.29. The van der Waals surface area contributed by atoms with E-state index in [2.05, 4.69) is 6.92 Å². The van der Waals surface area contributed by atoms with E-state index in [4.69, 9.17) is 0 Å². The minimum absolute atomic E-state index is 0.188. The first-order valence-corrected chi connectivity index (χ1v) is 9.59. The average molecular weight is 313 g/mol. The Morgan fingerprint density at radius 3 is 2.60 bits per heavy atom. The molecule has 0 radical (unpaired) electrons. The van der Waals surface area contributed by atoms with Crippen molar-refractivity contribution < 1.29 is 13.2 Å². The van der Waals surface area contributed by atoms with E-state index in [0.717, 1.165) is 25.7 Å². The molecule has 2 aliphatic carbocycles. The van der Waals surface area contributed by atoms with Gasteiger partial charge < -0.3 is 4.90 Å². The molecule has 2 aliphatic rings. The monoisotopic (exact) mass is 313 g/mol. The molecule has 0 bridgehead atoms. The number of thiophene rings is 1. The Hall–Kier alpha value is -0.880. The van der Waals surface area contributed by atoms with Crippen LogP contribution in [0, 0.1) is 5.92 Å². The second-order valence-corrected chi connectivity index (χ2v) is 8.97. The fourth-order valence-electron chi connectivity index (χ4n) is 2.67. The van der Waals surface area contributed by atoms with Crippen molar-refractivity contribution in [2.24, 2.45) is 5.92 Å². The highest BCUT2D eigenvalue weighted by Gasteiger charge is 2.42. The zero-order valence-corrected chi connectivity index (χ0v) is 13.1. The molecule has 0 spiro atoms. The van der Waals surface area contributed by atoms with Crippen LogP contribution in [0.5, 0.6) is 0 Å². The fraction of sp³-hybridized carbons (Fsp3) is 0.643. The van der Waals surface area contributed by atoms with Crippen molar-refractivity contribution >= 4 is 27.1 Å². The van der Waals surface area contributed by atoms with Crippen LogP contribution in [0.3, 0.4) is 0 Å². The summed E-state index contributed by atoms with van der Waals surface area (Å²) in [5.74, 6) is -0.0366. The van der Waals surface area contributed by atoms with Crippen LogP contribution in [0.15, 0.2) is 21.7 Å². The summed E-state index contributed by atoms with van der Waals surface area (Å²) in [7, 11) is -3.48. The van der Waals surface area contributed by atoms with E-state index in [-0.39, 0.29) is 23.7 Å². The summed E-state index contributed by atoms with van der Waals surface area (Å²) in [5, 5.41) is 1.73. The largest absolute Gasteiger partial charge is 0.336 e. The molecule has 6 heteroatoms. The maximum absolute atomic E-state index is 12.5. The lowest BCUT2D eigenvalue weighted by Crippen LogP contribution is -2.44. The Bertz CT molecular complexity index is 586. The number of amides is 1. The molecule has 1 atom stereocenters. The average Bonchev–Trinajstić information content (AvgIpc) is 3.29. The van der Waals surface area contributed by atoms with Gasteiger partial charge in [-0.25, -0.2) is 8.42 Å². The highest BCUT2D eigenvalue weighted by molar-refractivity contribution is 7.94. The molecule has 1 amide bonds. The summed E-state index contributed by atoms with van der Waals surface area (Å²) in [5.41, 5.74) is 0. The topological polar surface area (TPSA) is 54.5 Å². The van der Waals surface area contributed by atoms with Crippen LogP contribution in [0.25, 0.3) is 0 Å². The van der Waals surface area contributed by atoms with Crippen LogP contribution in [0.1, 0.15) is 32.6 Å². The van der Waals surface area contributed by atoms with Gasteiger partial charge in [0, 0.05) is 12.1 Å². The van der Waals surface area contributed by atoms with Gasteiger partial charge in [-0.2, -0.15) is 0 Å². The number of hydrogen-bond acceptors (Lipinski definition) is 4. The quantitative estimate of drug-likeness (QED) is 0.810. The lowest BCUT2D eigenvalue weighted by atomic mass is 10.2. The highest BCUT2D eigenvalue weighted by atomic mass is 32.2. The molecular weight excluding hydrogens is 294 g/mol. The molecule has 4 nitrogen and oxygen atoms in total. The van der Waals surface area contributed by atoms with E-state index in [9.17, 15) is 13.2 Å². The number of nitrogens with zero attached hydrogens (tertiary/aromatic N) is 1. The molecule has 1 aromatic heterocycles. The third-order valence-corrected chi connectivity index (χ3v) is 7.17. The van der Waals surface area contributed by atoms with Gasteiger partial charge in [-0.05, 0) is 50.0 Å². The van der Waals surface area contributed by atoms with Gasteiger partial charge in [-0.1, -0.05) is 6.07 Å². The summed E-state index contributed by atoms with van der Waals surface area (Å²) < 4.78 is 24.7. The number of rotatable bonds is 6. The Kier molecular flexibility index (Phi) is 3.62. The molecule has 0 aromatic carbocycles. The summed E-state index contributed by atoms with van der Waals surface area (Å²) in [4.78, 5) is 14.3. The smallest absolute Gasteiger partial charge is 0.238 e. The van der Waals surface area contributed by atoms with Gasteiger partial charge in [0.1, 0.15) is 9.96 Å². The standard InChI is InChI=1S/C14H19NO3S2/c1-10(11-4-5-11)15(12-6-7-12)13(16)9-20(17,18)14-3-2-8-19-14/h2-3,8,10-12H,4-7,9H2,1H3/t10-/m0/s1. The molecule has 1 aromatic rings. The van der Waals surface area contributed by atoms with Crippen molar-refractivity contribution in [2.75, 3.05) is 5.75 Å². The molecule has 1 heterocycles. The summed E-state index contributed by atoms with van der Waals surface area (Å²) >= 11 is 1.18. The second kappa shape index (κ2) is 5.15. The van der Waals surface area contributed by atoms with Crippen molar-refractivity contribution in [1.29, 1.82) is 0 Å². The molecular formula is C14H19NO3S2. The van der Waals surface area contributed by atoms with Crippen molar-refractivity contribution in [3.63, 3.8) is 0 Å². The van der Waals surface area contributed by atoms with Crippen LogP contribution in [0.2, 0.25) is 0 Å². The first kappa shape index (κ1) is 14.1. The van der Waals surface area contributed by atoms with Gasteiger partial charge in [0.05, 0.1) is 0 Å². The van der Waals surface area contributed by atoms with E-state index < -0.39 is 9.84 Å². The van der Waals surface area contributed by atoms with Gasteiger partial charge in [-0.15, -0.1) is 11.3 Å². The third-order valence-electron chi connectivity index (χ3n) is 4.09. The second-order valence-electron chi connectivity index (χ2n) is 5.80. The Morgan fingerprint density at radius 1 is 1.40 bits per heavy atom. The molecule has 0 N–H and O–H groups in total. The van der Waals surface area contributed by atoms with Crippen molar-refractivity contribution in [1.82, 2.24) is 4.90 Å². The zero-order valence-electron chi connectivity index (χ0n) is 11.5. The summed E-state index contributed by atoms with van der Waals surface area (Å²) in [6.07, 6.45) is 4.36. The predicted octanol–water partition coefficient (Wildman–Crippen LogP) is 2.31. The van der Waals surface area contributed by atoms with Crippen molar-refractivity contribution in [3.05, 3.63) is 17.5 Å². The third kappa shape index (κ3) is 2.91. The molecule has 2 saturated carbocycles. The first-order chi connectivity index (χ1) is 9.49. The number of carbonyl (C=O) groups excluding carboxylic acids is 1. The van der Waals surface area contributed by atoms with Crippen LogP contribution in [-0.4, -0.2) is 37.1 Å². The zero-order chi connectivity index (χ0) is 14.3. The van der Waals surface area contributed by atoms with Gasteiger partial charge >= 0.3 is 0 Å². The Balaban J connectivity index is 1.73. The predicted molar refractivity (Wildman–Crippen MR) is 78.4 cm³/mol.